The summed E-state index contributed by atoms with van der Waals surface area (Å²) in [6.45, 7) is 3.64. The van der Waals surface area contributed by atoms with Gasteiger partial charge in [0.05, 0.1) is 10.6 Å². The summed E-state index contributed by atoms with van der Waals surface area (Å²) in [5, 5.41) is 0. The molecule has 0 atom stereocenters. The molecule has 0 radical (unpaired) electrons. The first-order valence-corrected chi connectivity index (χ1v) is 9.38. The van der Waals surface area contributed by atoms with Crippen LogP contribution in [0.1, 0.15) is 5.56 Å². The number of benzene rings is 1. The Kier molecular flexibility index (Phi) is 6.09. The van der Waals surface area contributed by atoms with Gasteiger partial charge in [0.1, 0.15) is 0 Å². The van der Waals surface area contributed by atoms with E-state index in [1.54, 1.807) is 12.1 Å². The summed E-state index contributed by atoms with van der Waals surface area (Å²) in [5.74, 6) is -0.0549. The molecule has 0 unspecified atom stereocenters. The molecule has 6 nitrogen and oxygen atoms in total. The second-order valence-corrected chi connectivity index (χ2v) is 8.72. The zero-order valence-electron chi connectivity index (χ0n) is 12.1. The highest BCUT2D eigenvalue weighted by molar-refractivity contribution is 7.89. The Morgan fingerprint density at radius 2 is 1.71 bits per heavy atom. The van der Waals surface area contributed by atoms with Crippen molar-refractivity contribution in [2.24, 2.45) is 0 Å². The highest BCUT2D eigenvalue weighted by Gasteiger charge is 2.16. The molecule has 0 saturated heterocycles. The first-order chi connectivity index (χ1) is 9.69. The molecule has 1 N–H and O–H groups in total. The molecule has 8 heteroatoms. The molecule has 118 valence electrons. The van der Waals surface area contributed by atoms with Gasteiger partial charge >= 0.3 is 0 Å². The molecule has 1 rings (SSSR count). The topological polar surface area (TPSA) is 83.5 Å². The van der Waals surface area contributed by atoms with E-state index in [4.69, 9.17) is 0 Å². The number of aryl methyl sites for hydroxylation is 1. The number of sulfonamides is 2. The van der Waals surface area contributed by atoms with E-state index in [1.807, 2.05) is 0 Å². The molecule has 1 aromatic rings. The number of nitrogens with one attached hydrogen (secondary N) is 1. The van der Waals surface area contributed by atoms with Crippen LogP contribution in [-0.4, -0.2) is 47.5 Å². The minimum atomic E-state index is -3.46. The van der Waals surface area contributed by atoms with Gasteiger partial charge in [-0.2, -0.15) is 0 Å². The molecule has 0 bridgehead atoms. The van der Waals surface area contributed by atoms with E-state index in [1.165, 1.54) is 32.3 Å². The van der Waals surface area contributed by atoms with Crippen molar-refractivity contribution in [1.29, 1.82) is 0 Å². The third-order valence-electron chi connectivity index (χ3n) is 2.81. The maximum absolute atomic E-state index is 11.9. The largest absolute Gasteiger partial charge is 0.242 e. The van der Waals surface area contributed by atoms with Gasteiger partial charge in [0.25, 0.3) is 0 Å². The minimum Gasteiger partial charge on any atom is -0.212 e. The maximum atomic E-state index is 11.9. The average Bonchev–Trinajstić information content (AvgIpc) is 2.43. The van der Waals surface area contributed by atoms with Gasteiger partial charge in [-0.05, 0) is 24.1 Å². The normalized spacial score (nSPS) is 12.5. The lowest BCUT2D eigenvalue weighted by Gasteiger charge is -2.11. The third kappa shape index (κ3) is 5.24. The van der Waals surface area contributed by atoms with Crippen LogP contribution in [0.15, 0.2) is 41.8 Å². The molecule has 0 saturated carbocycles. The lowest BCUT2D eigenvalue weighted by atomic mass is 10.2. The Hall–Kier alpha value is -1.22. The van der Waals surface area contributed by atoms with Crippen LogP contribution in [0.2, 0.25) is 0 Å². The fourth-order valence-corrected chi connectivity index (χ4v) is 3.47. The first kappa shape index (κ1) is 17.8. The monoisotopic (exact) mass is 332 g/mol. The van der Waals surface area contributed by atoms with E-state index < -0.39 is 20.0 Å². The lowest BCUT2D eigenvalue weighted by Crippen LogP contribution is -2.27. The maximum Gasteiger partial charge on any atom is 0.242 e. The fourth-order valence-electron chi connectivity index (χ4n) is 1.55. The smallest absolute Gasteiger partial charge is 0.212 e. The molecule has 1 aromatic carbocycles. The van der Waals surface area contributed by atoms with Crippen LogP contribution >= 0.6 is 0 Å². The van der Waals surface area contributed by atoms with Gasteiger partial charge in [0.15, 0.2) is 0 Å². The Morgan fingerprint density at radius 1 is 1.14 bits per heavy atom. The van der Waals surface area contributed by atoms with Crippen LogP contribution in [0.3, 0.4) is 0 Å². The average molecular weight is 332 g/mol. The van der Waals surface area contributed by atoms with E-state index >= 15 is 0 Å². The Balaban J connectivity index is 2.74. The molecule has 0 amide bonds. The van der Waals surface area contributed by atoms with Crippen molar-refractivity contribution in [3.63, 3.8) is 0 Å². The summed E-state index contributed by atoms with van der Waals surface area (Å²) in [6.07, 6.45) is 1.78. The quantitative estimate of drug-likeness (QED) is 0.706. The number of rotatable bonds is 8. The molecule has 0 heterocycles. The molecule has 0 fully saturated rings. The van der Waals surface area contributed by atoms with E-state index in [0.29, 0.717) is 6.42 Å². The van der Waals surface area contributed by atoms with Crippen LogP contribution in [0.5, 0.6) is 0 Å². The SMILES string of the molecule is C=CCNS(=O)(=O)CCc1ccc(S(=O)(=O)N(C)C)cc1. The van der Waals surface area contributed by atoms with Gasteiger partial charge in [-0.25, -0.2) is 25.9 Å². The molecule has 21 heavy (non-hydrogen) atoms. The van der Waals surface area contributed by atoms with Gasteiger partial charge in [-0.15, -0.1) is 6.58 Å². The van der Waals surface area contributed by atoms with Crippen molar-refractivity contribution >= 4 is 20.0 Å². The Morgan fingerprint density at radius 3 is 2.19 bits per heavy atom. The molecule has 0 aliphatic heterocycles. The molecule has 0 spiro atoms. The predicted molar refractivity (Wildman–Crippen MR) is 83.0 cm³/mol. The van der Waals surface area contributed by atoms with Crippen molar-refractivity contribution in [2.75, 3.05) is 26.4 Å². The van der Waals surface area contributed by atoms with Crippen LogP contribution in [-0.2, 0) is 26.5 Å². The third-order valence-corrected chi connectivity index (χ3v) is 5.99. The van der Waals surface area contributed by atoms with Crippen LogP contribution in [0, 0.1) is 0 Å². The summed E-state index contributed by atoms with van der Waals surface area (Å²) in [6, 6.07) is 6.21. The summed E-state index contributed by atoms with van der Waals surface area (Å²) < 4.78 is 50.5. The van der Waals surface area contributed by atoms with Crippen LogP contribution < -0.4 is 4.72 Å². The van der Waals surface area contributed by atoms with E-state index in [0.717, 1.165) is 9.87 Å². The molecular weight excluding hydrogens is 312 g/mol. The van der Waals surface area contributed by atoms with Crippen LogP contribution in [0.25, 0.3) is 0 Å². The first-order valence-electron chi connectivity index (χ1n) is 6.29. The summed E-state index contributed by atoms with van der Waals surface area (Å²) in [5.41, 5.74) is 0.761. The van der Waals surface area contributed by atoms with Crippen molar-refractivity contribution in [2.45, 2.75) is 11.3 Å². The summed E-state index contributed by atoms with van der Waals surface area (Å²) >= 11 is 0. The Bertz CT molecular complexity index is 677. The number of hydrogen-bond acceptors (Lipinski definition) is 4. The van der Waals surface area contributed by atoms with Crippen molar-refractivity contribution in [1.82, 2.24) is 9.03 Å². The summed E-state index contributed by atoms with van der Waals surface area (Å²) in [7, 11) is -3.88. The fraction of sp³-hybridized carbons (Fsp3) is 0.385. The summed E-state index contributed by atoms with van der Waals surface area (Å²) in [4.78, 5) is 0.184. The lowest BCUT2D eigenvalue weighted by molar-refractivity contribution is 0.520. The highest BCUT2D eigenvalue weighted by Crippen LogP contribution is 2.14. The second-order valence-electron chi connectivity index (χ2n) is 4.64. The van der Waals surface area contributed by atoms with E-state index in [9.17, 15) is 16.8 Å². The van der Waals surface area contributed by atoms with Gasteiger partial charge in [-0.3, -0.25) is 0 Å². The van der Waals surface area contributed by atoms with Crippen molar-refractivity contribution in [3.05, 3.63) is 42.5 Å². The zero-order chi connectivity index (χ0) is 16.1. The van der Waals surface area contributed by atoms with E-state index in [-0.39, 0.29) is 17.2 Å². The van der Waals surface area contributed by atoms with Gasteiger partial charge in [0.2, 0.25) is 20.0 Å². The number of nitrogens with zero attached hydrogens (tertiary/aromatic N) is 1. The van der Waals surface area contributed by atoms with E-state index in [2.05, 4.69) is 11.3 Å². The predicted octanol–water partition coefficient (Wildman–Crippen LogP) is 0.585. The number of hydrogen-bond donors (Lipinski definition) is 1. The van der Waals surface area contributed by atoms with Gasteiger partial charge in [-0.1, -0.05) is 18.2 Å². The van der Waals surface area contributed by atoms with Crippen molar-refractivity contribution in [3.8, 4) is 0 Å². The molecule has 0 aliphatic rings. The zero-order valence-corrected chi connectivity index (χ0v) is 13.7. The highest BCUT2D eigenvalue weighted by atomic mass is 32.2. The van der Waals surface area contributed by atoms with Gasteiger partial charge in [0, 0.05) is 20.6 Å². The molecule has 0 aliphatic carbocycles. The molecule has 0 aromatic heterocycles. The standard InChI is InChI=1S/C13H20N2O4S2/c1-4-10-14-20(16,17)11-9-12-5-7-13(8-6-12)21(18,19)15(2)3/h4-8,14H,1,9-11H2,2-3H3. The Labute approximate surface area is 126 Å². The second kappa shape index (κ2) is 7.17. The van der Waals surface area contributed by atoms with Crippen molar-refractivity contribution < 1.29 is 16.8 Å². The van der Waals surface area contributed by atoms with Gasteiger partial charge < -0.3 is 0 Å². The molecular formula is C13H20N2O4S2. The van der Waals surface area contributed by atoms with Crippen LogP contribution in [0.4, 0.5) is 0 Å². The minimum absolute atomic E-state index is 0.0549.